The number of ether oxygens (including phenoxy) is 3. The third kappa shape index (κ3) is 2.99. The quantitative estimate of drug-likeness (QED) is 0.801. The Balaban J connectivity index is 3.32. The molecule has 20 heavy (non-hydrogen) atoms. The average Bonchev–Trinajstić information content (AvgIpc) is 2.51. The molecule has 0 aliphatic rings. The van der Waals surface area contributed by atoms with E-state index in [1.807, 2.05) is 26.0 Å². The summed E-state index contributed by atoms with van der Waals surface area (Å²) in [5.41, 5.74) is 13.2. The van der Waals surface area contributed by atoms with Crippen molar-refractivity contribution in [3.05, 3.63) is 17.7 Å². The molecule has 0 bridgehead atoms. The van der Waals surface area contributed by atoms with Crippen LogP contribution >= 0.6 is 0 Å². The van der Waals surface area contributed by atoms with Gasteiger partial charge in [0.1, 0.15) is 0 Å². The van der Waals surface area contributed by atoms with Crippen LogP contribution in [0.5, 0.6) is 17.2 Å². The molecule has 4 N–H and O–H groups in total. The molecule has 0 heterocycles. The van der Waals surface area contributed by atoms with Crippen molar-refractivity contribution in [1.29, 1.82) is 0 Å². The number of benzene rings is 1. The van der Waals surface area contributed by atoms with Gasteiger partial charge in [-0.05, 0) is 30.5 Å². The van der Waals surface area contributed by atoms with Crippen LogP contribution < -0.4 is 25.7 Å². The van der Waals surface area contributed by atoms with Crippen molar-refractivity contribution in [3.63, 3.8) is 0 Å². The zero-order valence-corrected chi connectivity index (χ0v) is 13.0. The van der Waals surface area contributed by atoms with Gasteiger partial charge in [-0.15, -0.1) is 0 Å². The summed E-state index contributed by atoms with van der Waals surface area (Å²) in [7, 11) is 4.75. The summed E-state index contributed by atoms with van der Waals surface area (Å²) in [5, 5.41) is 0. The molecule has 0 radical (unpaired) electrons. The van der Waals surface area contributed by atoms with Gasteiger partial charge in [-0.3, -0.25) is 0 Å². The van der Waals surface area contributed by atoms with E-state index in [0.717, 1.165) is 18.4 Å². The smallest absolute Gasteiger partial charge is 0.203 e. The lowest BCUT2D eigenvalue weighted by molar-refractivity contribution is 0.311. The molecule has 1 aromatic carbocycles. The highest BCUT2D eigenvalue weighted by atomic mass is 16.5. The Labute approximate surface area is 121 Å². The Hall–Kier alpha value is -1.46. The number of hydrogen-bond donors (Lipinski definition) is 2. The molecule has 1 atom stereocenters. The predicted molar refractivity (Wildman–Crippen MR) is 80.5 cm³/mol. The molecule has 1 aromatic rings. The van der Waals surface area contributed by atoms with E-state index >= 15 is 0 Å². The molecular formula is C15H26N2O3. The molecule has 0 fully saturated rings. The summed E-state index contributed by atoms with van der Waals surface area (Å²) in [6, 6.07) is 3.42. The highest BCUT2D eigenvalue weighted by Crippen LogP contribution is 2.41. The predicted octanol–water partition coefficient (Wildman–Crippen LogP) is 2.23. The molecule has 1 unspecified atom stereocenters. The molecule has 0 saturated heterocycles. The fourth-order valence-corrected chi connectivity index (χ4v) is 2.30. The Bertz CT molecular complexity index is 420. The topological polar surface area (TPSA) is 79.7 Å². The maximum atomic E-state index is 6.39. The van der Waals surface area contributed by atoms with Crippen LogP contribution in [-0.4, -0.2) is 26.9 Å². The van der Waals surface area contributed by atoms with Crippen LogP contribution in [0.3, 0.4) is 0 Å². The van der Waals surface area contributed by atoms with E-state index < -0.39 is 5.54 Å². The second-order valence-corrected chi connectivity index (χ2v) is 4.88. The van der Waals surface area contributed by atoms with Crippen LogP contribution in [0, 0.1) is 0 Å². The molecule has 1 rings (SSSR count). The van der Waals surface area contributed by atoms with Crippen molar-refractivity contribution in [2.75, 3.05) is 21.3 Å². The van der Waals surface area contributed by atoms with Gasteiger partial charge >= 0.3 is 0 Å². The van der Waals surface area contributed by atoms with E-state index in [0.29, 0.717) is 17.2 Å². The van der Waals surface area contributed by atoms with Gasteiger partial charge in [-0.2, -0.15) is 0 Å². The van der Waals surface area contributed by atoms with E-state index in [9.17, 15) is 0 Å². The molecule has 0 saturated carbocycles. The van der Waals surface area contributed by atoms with E-state index in [1.165, 1.54) is 0 Å². The molecule has 5 nitrogen and oxygen atoms in total. The Morgan fingerprint density at radius 1 is 1.00 bits per heavy atom. The number of methoxy groups -OCH3 is 3. The second-order valence-electron chi connectivity index (χ2n) is 4.88. The maximum absolute atomic E-state index is 6.39. The van der Waals surface area contributed by atoms with Gasteiger partial charge in [0.05, 0.1) is 21.3 Å². The van der Waals surface area contributed by atoms with E-state index in [-0.39, 0.29) is 6.04 Å². The minimum atomic E-state index is -0.454. The third-order valence-electron chi connectivity index (χ3n) is 3.98. The number of rotatable bonds is 7. The normalized spacial score (nSPS) is 12.9. The van der Waals surface area contributed by atoms with Crippen LogP contribution in [0.25, 0.3) is 0 Å². The van der Waals surface area contributed by atoms with Crippen molar-refractivity contribution in [3.8, 4) is 17.2 Å². The lowest BCUT2D eigenvalue weighted by Gasteiger charge is -2.34. The highest BCUT2D eigenvalue weighted by molar-refractivity contribution is 5.54. The largest absolute Gasteiger partial charge is 0.493 e. The van der Waals surface area contributed by atoms with Crippen LogP contribution in [0.15, 0.2) is 12.1 Å². The molecule has 5 heteroatoms. The molecule has 0 aromatic heterocycles. The summed E-state index contributed by atoms with van der Waals surface area (Å²) in [5.74, 6) is 1.74. The first-order valence-electron chi connectivity index (χ1n) is 6.81. The number of hydrogen-bond acceptors (Lipinski definition) is 5. The van der Waals surface area contributed by atoms with E-state index in [4.69, 9.17) is 25.7 Å². The molecule has 114 valence electrons. The average molecular weight is 282 g/mol. The summed E-state index contributed by atoms with van der Waals surface area (Å²) >= 11 is 0. The van der Waals surface area contributed by atoms with Crippen molar-refractivity contribution < 1.29 is 14.2 Å². The standard InChI is InChI=1S/C15H26N2O3/c1-6-15(17,7-2)14(16)10-8-11(18-3)13(20-5)12(9-10)19-4/h8-9,14H,6-7,16-17H2,1-5H3. The molecule has 0 aliphatic heterocycles. The van der Waals surface area contributed by atoms with Gasteiger partial charge in [0, 0.05) is 11.6 Å². The van der Waals surface area contributed by atoms with Crippen molar-refractivity contribution in [2.24, 2.45) is 11.5 Å². The highest BCUT2D eigenvalue weighted by Gasteiger charge is 2.31. The minimum Gasteiger partial charge on any atom is -0.493 e. The lowest BCUT2D eigenvalue weighted by Crippen LogP contribution is -2.48. The van der Waals surface area contributed by atoms with Crippen LogP contribution in [0.1, 0.15) is 38.3 Å². The van der Waals surface area contributed by atoms with Crippen LogP contribution in [-0.2, 0) is 0 Å². The maximum Gasteiger partial charge on any atom is 0.203 e. The van der Waals surface area contributed by atoms with Gasteiger partial charge in [-0.1, -0.05) is 13.8 Å². The molecule has 0 aliphatic carbocycles. The van der Waals surface area contributed by atoms with Crippen LogP contribution in [0.2, 0.25) is 0 Å². The van der Waals surface area contributed by atoms with E-state index in [2.05, 4.69) is 0 Å². The first-order chi connectivity index (χ1) is 9.47. The first kappa shape index (κ1) is 16.6. The SMILES string of the molecule is CCC(N)(CC)C(N)c1cc(OC)c(OC)c(OC)c1. The zero-order chi connectivity index (χ0) is 15.3. The Kier molecular flexibility index (Phi) is 5.65. The molecule has 0 amide bonds. The zero-order valence-electron chi connectivity index (χ0n) is 13.0. The molecular weight excluding hydrogens is 256 g/mol. The van der Waals surface area contributed by atoms with Gasteiger partial charge in [0.15, 0.2) is 11.5 Å². The summed E-state index contributed by atoms with van der Waals surface area (Å²) in [4.78, 5) is 0. The Morgan fingerprint density at radius 3 is 1.75 bits per heavy atom. The van der Waals surface area contributed by atoms with Gasteiger partial charge < -0.3 is 25.7 Å². The monoisotopic (exact) mass is 282 g/mol. The van der Waals surface area contributed by atoms with Gasteiger partial charge in [-0.25, -0.2) is 0 Å². The molecule has 0 spiro atoms. The van der Waals surface area contributed by atoms with E-state index in [1.54, 1.807) is 21.3 Å². The fourth-order valence-electron chi connectivity index (χ4n) is 2.30. The lowest BCUT2D eigenvalue weighted by atomic mass is 9.82. The first-order valence-corrected chi connectivity index (χ1v) is 6.81. The summed E-state index contributed by atoms with van der Waals surface area (Å²) < 4.78 is 16.0. The summed E-state index contributed by atoms with van der Waals surface area (Å²) in [6.45, 7) is 4.09. The van der Waals surface area contributed by atoms with Crippen molar-refractivity contribution in [1.82, 2.24) is 0 Å². The Morgan fingerprint density at radius 2 is 1.45 bits per heavy atom. The summed E-state index contributed by atoms with van der Waals surface area (Å²) in [6.07, 6.45) is 1.59. The number of nitrogens with two attached hydrogens (primary N) is 2. The second kappa shape index (κ2) is 6.81. The van der Waals surface area contributed by atoms with Crippen molar-refractivity contribution >= 4 is 0 Å². The van der Waals surface area contributed by atoms with Crippen molar-refractivity contribution in [2.45, 2.75) is 38.3 Å². The van der Waals surface area contributed by atoms with Gasteiger partial charge in [0.25, 0.3) is 0 Å². The minimum absolute atomic E-state index is 0.300. The van der Waals surface area contributed by atoms with Gasteiger partial charge in [0.2, 0.25) is 5.75 Å². The fraction of sp³-hybridized carbons (Fsp3) is 0.600. The van der Waals surface area contributed by atoms with Crippen LogP contribution in [0.4, 0.5) is 0 Å². The third-order valence-corrected chi connectivity index (χ3v) is 3.98.